The van der Waals surface area contributed by atoms with Crippen LogP contribution < -0.4 is 5.73 Å². The van der Waals surface area contributed by atoms with Crippen LogP contribution in [0.25, 0.3) is 0 Å². The Bertz CT molecular complexity index is 461. The van der Waals surface area contributed by atoms with Gasteiger partial charge in [-0.25, -0.2) is 4.39 Å². The number of likely N-dealkylation sites (tertiary alicyclic amines) is 1. The molecule has 0 saturated carbocycles. The topological polar surface area (TPSA) is 61.9 Å². The Morgan fingerprint density at radius 3 is 2.95 bits per heavy atom. The average molecular weight is 330 g/mol. The van der Waals surface area contributed by atoms with Gasteiger partial charge >= 0.3 is 0 Å². The molecule has 1 aromatic carbocycles. The minimum absolute atomic E-state index is 0.0687. The van der Waals surface area contributed by atoms with Crippen molar-refractivity contribution in [3.8, 4) is 0 Å². The van der Waals surface area contributed by atoms with Crippen molar-refractivity contribution in [2.24, 2.45) is 10.9 Å². The van der Waals surface area contributed by atoms with Gasteiger partial charge in [0.05, 0.1) is 6.04 Å². The predicted octanol–water partition coefficient (Wildman–Crippen LogP) is 2.69. The second-order valence-corrected chi connectivity index (χ2v) is 5.70. The minimum atomic E-state index is -0.262. The van der Waals surface area contributed by atoms with Crippen molar-refractivity contribution >= 4 is 21.8 Å². The molecule has 0 amide bonds. The highest BCUT2D eigenvalue weighted by Gasteiger charge is 2.26. The highest BCUT2D eigenvalue weighted by Crippen LogP contribution is 2.22. The van der Waals surface area contributed by atoms with Crippen molar-refractivity contribution < 1.29 is 9.60 Å². The lowest BCUT2D eigenvalue weighted by molar-refractivity contribution is 0.178. The summed E-state index contributed by atoms with van der Waals surface area (Å²) >= 11 is 3.29. The lowest BCUT2D eigenvalue weighted by atomic mass is 10.0. The van der Waals surface area contributed by atoms with E-state index in [-0.39, 0.29) is 17.7 Å². The van der Waals surface area contributed by atoms with Gasteiger partial charge in [-0.3, -0.25) is 4.90 Å². The third-order valence-electron chi connectivity index (χ3n) is 3.38. The van der Waals surface area contributed by atoms with Crippen LogP contribution in [-0.2, 0) is 6.54 Å². The highest BCUT2D eigenvalue weighted by atomic mass is 79.9. The van der Waals surface area contributed by atoms with Crippen LogP contribution in [0, 0.1) is 5.82 Å². The molecule has 0 aliphatic carbocycles. The lowest BCUT2D eigenvalue weighted by Crippen LogP contribution is -2.47. The van der Waals surface area contributed by atoms with Crippen molar-refractivity contribution in [2.75, 3.05) is 6.54 Å². The van der Waals surface area contributed by atoms with Gasteiger partial charge in [-0.15, -0.1) is 0 Å². The Morgan fingerprint density at radius 2 is 2.26 bits per heavy atom. The molecule has 19 heavy (non-hydrogen) atoms. The second-order valence-electron chi connectivity index (χ2n) is 4.78. The molecule has 2 rings (SSSR count). The van der Waals surface area contributed by atoms with E-state index in [4.69, 9.17) is 10.9 Å². The molecular weight excluding hydrogens is 313 g/mol. The number of oxime groups is 1. The zero-order valence-electron chi connectivity index (χ0n) is 10.5. The van der Waals surface area contributed by atoms with Gasteiger partial charge in [0.2, 0.25) is 0 Å². The summed E-state index contributed by atoms with van der Waals surface area (Å²) in [4.78, 5) is 2.12. The fourth-order valence-electron chi connectivity index (χ4n) is 2.52. The van der Waals surface area contributed by atoms with Crippen LogP contribution in [-0.4, -0.2) is 28.5 Å². The van der Waals surface area contributed by atoms with Gasteiger partial charge in [0.25, 0.3) is 0 Å². The van der Waals surface area contributed by atoms with Crippen LogP contribution in [0.2, 0.25) is 0 Å². The number of hydrogen-bond donors (Lipinski definition) is 2. The number of nitrogens with zero attached hydrogens (tertiary/aromatic N) is 2. The van der Waals surface area contributed by atoms with Crippen molar-refractivity contribution in [1.82, 2.24) is 4.90 Å². The Hall–Kier alpha value is -1.14. The van der Waals surface area contributed by atoms with Crippen LogP contribution in [0.15, 0.2) is 27.8 Å². The van der Waals surface area contributed by atoms with Crippen molar-refractivity contribution in [1.29, 1.82) is 0 Å². The third kappa shape index (κ3) is 3.67. The Labute approximate surface area is 120 Å². The van der Waals surface area contributed by atoms with Gasteiger partial charge < -0.3 is 10.9 Å². The third-order valence-corrected chi connectivity index (χ3v) is 3.84. The number of rotatable bonds is 3. The summed E-state index contributed by atoms with van der Waals surface area (Å²) in [6.45, 7) is 1.46. The lowest BCUT2D eigenvalue weighted by Gasteiger charge is -2.34. The van der Waals surface area contributed by atoms with Crippen molar-refractivity contribution in [2.45, 2.75) is 31.8 Å². The first kappa shape index (κ1) is 14.3. The number of piperidine rings is 1. The molecule has 104 valence electrons. The summed E-state index contributed by atoms with van der Waals surface area (Å²) in [6, 6.07) is 4.77. The molecule has 1 unspecified atom stereocenters. The molecule has 1 heterocycles. The van der Waals surface area contributed by atoms with Gasteiger partial charge in [0.15, 0.2) is 5.84 Å². The monoisotopic (exact) mass is 329 g/mol. The highest BCUT2D eigenvalue weighted by molar-refractivity contribution is 9.10. The maximum absolute atomic E-state index is 13.4. The van der Waals surface area contributed by atoms with E-state index in [1.807, 2.05) is 6.07 Å². The SMILES string of the molecule is NC(=NO)C1CCCCN1Cc1cc(F)cc(Br)c1. The molecule has 0 radical (unpaired) electrons. The van der Waals surface area contributed by atoms with E-state index >= 15 is 0 Å². The minimum Gasteiger partial charge on any atom is -0.409 e. The van der Waals surface area contributed by atoms with Crippen LogP contribution in [0.5, 0.6) is 0 Å². The summed E-state index contributed by atoms with van der Waals surface area (Å²) in [7, 11) is 0. The first-order valence-corrected chi connectivity index (χ1v) is 7.06. The maximum Gasteiger partial charge on any atom is 0.156 e. The largest absolute Gasteiger partial charge is 0.409 e. The number of amidine groups is 1. The van der Waals surface area contributed by atoms with Gasteiger partial charge in [-0.2, -0.15) is 0 Å². The first-order valence-electron chi connectivity index (χ1n) is 6.26. The van der Waals surface area contributed by atoms with E-state index in [0.717, 1.165) is 35.8 Å². The van der Waals surface area contributed by atoms with Gasteiger partial charge in [-0.05, 0) is 43.1 Å². The molecule has 0 bridgehead atoms. The predicted molar refractivity (Wildman–Crippen MR) is 75.6 cm³/mol. The standard InChI is InChI=1S/C13H17BrFN3O/c14-10-5-9(6-11(15)7-10)8-18-4-2-1-3-12(18)13(16)17-19/h5-7,12,19H,1-4,8H2,(H2,16,17). The summed E-state index contributed by atoms with van der Waals surface area (Å²) in [5, 5.41) is 11.9. The Balaban J connectivity index is 2.15. The zero-order valence-corrected chi connectivity index (χ0v) is 12.1. The molecule has 1 aromatic rings. The molecule has 0 spiro atoms. The van der Waals surface area contributed by atoms with Gasteiger partial charge in [0.1, 0.15) is 5.82 Å². The van der Waals surface area contributed by atoms with E-state index in [1.54, 1.807) is 0 Å². The average Bonchev–Trinajstić information content (AvgIpc) is 2.37. The van der Waals surface area contributed by atoms with Crippen LogP contribution in [0.3, 0.4) is 0 Å². The molecule has 4 nitrogen and oxygen atoms in total. The van der Waals surface area contributed by atoms with E-state index in [1.165, 1.54) is 12.1 Å². The van der Waals surface area contributed by atoms with Crippen LogP contribution in [0.1, 0.15) is 24.8 Å². The van der Waals surface area contributed by atoms with Crippen LogP contribution >= 0.6 is 15.9 Å². The molecule has 3 N–H and O–H groups in total. The second kappa shape index (κ2) is 6.34. The van der Waals surface area contributed by atoms with Crippen LogP contribution in [0.4, 0.5) is 4.39 Å². The number of nitrogens with two attached hydrogens (primary N) is 1. The maximum atomic E-state index is 13.4. The fraction of sp³-hybridized carbons (Fsp3) is 0.462. The van der Waals surface area contributed by atoms with E-state index in [2.05, 4.69) is 26.0 Å². The fourth-order valence-corrected chi connectivity index (χ4v) is 3.03. The molecule has 1 fully saturated rings. The molecule has 1 saturated heterocycles. The van der Waals surface area contributed by atoms with Crippen molar-refractivity contribution in [3.05, 3.63) is 34.1 Å². The summed E-state index contributed by atoms with van der Waals surface area (Å²) < 4.78 is 14.1. The van der Waals surface area contributed by atoms with E-state index in [9.17, 15) is 4.39 Å². The van der Waals surface area contributed by atoms with E-state index in [0.29, 0.717) is 6.54 Å². The van der Waals surface area contributed by atoms with Gasteiger partial charge in [-0.1, -0.05) is 27.5 Å². The van der Waals surface area contributed by atoms with Crippen molar-refractivity contribution in [3.63, 3.8) is 0 Å². The Kier molecular flexibility index (Phi) is 4.76. The molecule has 6 heteroatoms. The molecule has 1 atom stereocenters. The molecule has 0 aromatic heterocycles. The molecule has 1 aliphatic heterocycles. The quantitative estimate of drug-likeness (QED) is 0.388. The molecule has 1 aliphatic rings. The summed E-state index contributed by atoms with van der Waals surface area (Å²) in [5.41, 5.74) is 6.61. The van der Waals surface area contributed by atoms with E-state index < -0.39 is 0 Å². The normalized spacial score (nSPS) is 21.6. The number of hydrogen-bond acceptors (Lipinski definition) is 3. The van der Waals surface area contributed by atoms with Gasteiger partial charge in [0, 0.05) is 11.0 Å². The molecular formula is C13H17BrFN3O. The smallest absolute Gasteiger partial charge is 0.156 e. The Morgan fingerprint density at radius 1 is 1.47 bits per heavy atom. The number of benzene rings is 1. The summed E-state index contributed by atoms with van der Waals surface area (Å²) in [6.07, 6.45) is 3.00. The zero-order chi connectivity index (χ0) is 13.8. The first-order chi connectivity index (χ1) is 9.10. The summed E-state index contributed by atoms with van der Waals surface area (Å²) in [5.74, 6) is -0.0306. The number of halogens is 2.